The third kappa shape index (κ3) is 5.62. The lowest BCUT2D eigenvalue weighted by molar-refractivity contribution is 0.187. The summed E-state index contributed by atoms with van der Waals surface area (Å²) in [6.07, 6.45) is 3.66. The molecule has 0 saturated carbocycles. The van der Waals surface area contributed by atoms with Gasteiger partial charge in [0.2, 0.25) is 5.88 Å². The Bertz CT molecular complexity index is 1070. The van der Waals surface area contributed by atoms with Crippen molar-refractivity contribution in [2.24, 2.45) is 5.16 Å². The highest BCUT2D eigenvalue weighted by Gasteiger charge is 2.26. The first-order chi connectivity index (χ1) is 16.2. The molecule has 4 rings (SSSR count). The van der Waals surface area contributed by atoms with Crippen LogP contribution in [0.15, 0.2) is 78.1 Å². The van der Waals surface area contributed by atoms with Gasteiger partial charge in [-0.3, -0.25) is 0 Å². The number of benzene rings is 2. The molecule has 2 aromatic carbocycles. The molecule has 172 valence electrons. The average Bonchev–Trinajstić information content (AvgIpc) is 2.86. The number of oxime groups is 1. The Morgan fingerprint density at radius 3 is 2.45 bits per heavy atom. The molecule has 7 nitrogen and oxygen atoms in total. The molecule has 1 aliphatic rings. The summed E-state index contributed by atoms with van der Waals surface area (Å²) in [4.78, 5) is 8.77. The van der Waals surface area contributed by atoms with Crippen LogP contribution < -0.4 is 9.47 Å². The van der Waals surface area contributed by atoms with Crippen molar-refractivity contribution in [1.82, 2.24) is 14.8 Å². The van der Waals surface area contributed by atoms with Gasteiger partial charge in [-0.05, 0) is 62.8 Å². The number of nitrogens with zero attached hydrogens (tertiary/aromatic N) is 4. The molecule has 0 bridgehead atoms. The second-order valence-corrected chi connectivity index (χ2v) is 8.25. The van der Waals surface area contributed by atoms with Gasteiger partial charge in [0.25, 0.3) is 0 Å². The average molecular weight is 447 g/mol. The van der Waals surface area contributed by atoms with E-state index < -0.39 is 0 Å². The lowest BCUT2D eigenvalue weighted by Crippen LogP contribution is -2.44. The SMILES string of the molecule is CN1CCC(N(C)/C(=N\O)c2cccnc2Oc2ccccc2OCc2ccccc2)CC1. The van der Waals surface area contributed by atoms with E-state index in [0.29, 0.717) is 35.4 Å². The van der Waals surface area contributed by atoms with E-state index in [1.54, 1.807) is 6.20 Å². The predicted octanol–water partition coefficient (Wildman–Crippen LogP) is 4.61. The van der Waals surface area contributed by atoms with Gasteiger partial charge in [0.15, 0.2) is 17.3 Å². The highest BCUT2D eigenvalue weighted by molar-refractivity contribution is 6.00. The van der Waals surface area contributed by atoms with Gasteiger partial charge in [0.1, 0.15) is 6.61 Å². The summed E-state index contributed by atoms with van der Waals surface area (Å²) in [5.74, 6) is 1.97. The Morgan fingerprint density at radius 2 is 1.73 bits per heavy atom. The van der Waals surface area contributed by atoms with Crippen LogP contribution in [0.4, 0.5) is 0 Å². The van der Waals surface area contributed by atoms with Crippen LogP contribution in [0.2, 0.25) is 0 Å². The molecule has 1 fully saturated rings. The molecule has 1 N–H and O–H groups in total. The van der Waals surface area contributed by atoms with Crippen molar-refractivity contribution in [3.63, 3.8) is 0 Å². The normalized spacial score (nSPS) is 15.3. The highest BCUT2D eigenvalue weighted by Crippen LogP contribution is 2.33. The topological polar surface area (TPSA) is 70.4 Å². The monoisotopic (exact) mass is 446 g/mol. The van der Waals surface area contributed by atoms with Gasteiger partial charge in [-0.15, -0.1) is 0 Å². The third-order valence-corrected chi connectivity index (χ3v) is 5.97. The van der Waals surface area contributed by atoms with E-state index >= 15 is 0 Å². The molecule has 3 aromatic rings. The molecule has 0 spiro atoms. The fourth-order valence-corrected chi connectivity index (χ4v) is 4.01. The van der Waals surface area contributed by atoms with Crippen LogP contribution in [-0.2, 0) is 6.61 Å². The van der Waals surface area contributed by atoms with Gasteiger partial charge in [-0.1, -0.05) is 47.6 Å². The minimum atomic E-state index is 0.279. The van der Waals surface area contributed by atoms with Crippen LogP contribution in [0.3, 0.4) is 0 Å². The minimum Gasteiger partial charge on any atom is -0.485 e. The first kappa shape index (κ1) is 22.6. The number of pyridine rings is 1. The molecule has 2 heterocycles. The highest BCUT2D eigenvalue weighted by atomic mass is 16.5. The van der Waals surface area contributed by atoms with Gasteiger partial charge in [0.05, 0.1) is 5.56 Å². The van der Waals surface area contributed by atoms with Gasteiger partial charge in [-0.25, -0.2) is 4.98 Å². The van der Waals surface area contributed by atoms with Crippen molar-refractivity contribution < 1.29 is 14.7 Å². The van der Waals surface area contributed by atoms with Crippen LogP contribution in [0.1, 0.15) is 24.0 Å². The lowest BCUT2D eigenvalue weighted by Gasteiger charge is -2.36. The number of hydrogen-bond acceptors (Lipinski definition) is 6. The van der Waals surface area contributed by atoms with Crippen molar-refractivity contribution >= 4 is 5.84 Å². The van der Waals surface area contributed by atoms with Crippen molar-refractivity contribution in [2.45, 2.75) is 25.5 Å². The maximum absolute atomic E-state index is 9.92. The van der Waals surface area contributed by atoms with Crippen LogP contribution in [0, 0.1) is 0 Å². The quantitative estimate of drug-likeness (QED) is 0.247. The summed E-state index contributed by atoms with van der Waals surface area (Å²) in [6.45, 7) is 2.45. The fourth-order valence-electron chi connectivity index (χ4n) is 4.01. The summed E-state index contributed by atoms with van der Waals surface area (Å²) < 4.78 is 12.2. The molecule has 7 heteroatoms. The van der Waals surface area contributed by atoms with Crippen LogP contribution in [0.5, 0.6) is 17.4 Å². The first-order valence-corrected chi connectivity index (χ1v) is 11.2. The Hall–Kier alpha value is -3.58. The van der Waals surface area contributed by atoms with Crippen LogP contribution >= 0.6 is 0 Å². The molecule has 0 aliphatic carbocycles. The largest absolute Gasteiger partial charge is 0.485 e. The maximum Gasteiger partial charge on any atom is 0.230 e. The molecular weight excluding hydrogens is 416 g/mol. The second-order valence-electron chi connectivity index (χ2n) is 8.25. The molecule has 1 aliphatic heterocycles. The number of aromatic nitrogens is 1. The first-order valence-electron chi connectivity index (χ1n) is 11.2. The van der Waals surface area contributed by atoms with E-state index in [1.807, 2.05) is 78.7 Å². The smallest absolute Gasteiger partial charge is 0.230 e. The molecule has 33 heavy (non-hydrogen) atoms. The minimum absolute atomic E-state index is 0.279. The third-order valence-electron chi connectivity index (χ3n) is 5.97. The number of para-hydroxylation sites is 2. The van der Waals surface area contributed by atoms with E-state index in [9.17, 15) is 5.21 Å². The summed E-state index contributed by atoms with van der Waals surface area (Å²) in [5.41, 5.74) is 1.69. The zero-order chi connectivity index (χ0) is 23.0. The molecule has 1 saturated heterocycles. The van der Waals surface area contributed by atoms with Gasteiger partial charge in [-0.2, -0.15) is 0 Å². The molecule has 0 unspecified atom stereocenters. The van der Waals surface area contributed by atoms with Crippen LogP contribution in [-0.4, -0.2) is 59.1 Å². The zero-order valence-electron chi connectivity index (χ0n) is 19.1. The standard InChI is InChI=1S/C26H30N4O3/c1-29-17-14-21(15-18-29)30(2)25(28-31)22-11-8-16-27-26(22)33-24-13-7-6-12-23(24)32-19-20-9-4-3-5-10-20/h3-13,16,21,31H,14-15,17-19H2,1-2H3/b28-25-. The Morgan fingerprint density at radius 1 is 1.03 bits per heavy atom. The zero-order valence-corrected chi connectivity index (χ0v) is 19.1. The van der Waals surface area contributed by atoms with E-state index in [0.717, 1.165) is 31.5 Å². The molecule has 0 radical (unpaired) electrons. The Kier molecular flexibility index (Phi) is 7.42. The number of likely N-dealkylation sites (tertiary alicyclic amines) is 1. The summed E-state index contributed by atoms with van der Waals surface area (Å²) >= 11 is 0. The van der Waals surface area contributed by atoms with Gasteiger partial charge in [0, 0.05) is 19.3 Å². The number of amidine groups is 1. The summed E-state index contributed by atoms with van der Waals surface area (Å²) in [7, 11) is 4.08. The number of rotatable bonds is 7. The second kappa shape index (κ2) is 10.8. The molecule has 1 aromatic heterocycles. The number of ether oxygens (including phenoxy) is 2. The lowest BCUT2D eigenvalue weighted by atomic mass is 10.0. The van der Waals surface area contributed by atoms with Crippen molar-refractivity contribution in [3.8, 4) is 17.4 Å². The number of hydrogen-bond donors (Lipinski definition) is 1. The van der Waals surface area contributed by atoms with Gasteiger partial charge >= 0.3 is 0 Å². The fraction of sp³-hybridized carbons (Fsp3) is 0.308. The summed E-state index contributed by atoms with van der Waals surface area (Å²) in [6, 6.07) is 21.4. The van der Waals surface area contributed by atoms with E-state index in [-0.39, 0.29) is 6.04 Å². The van der Waals surface area contributed by atoms with E-state index in [2.05, 4.69) is 22.1 Å². The molecular formula is C26H30N4O3. The van der Waals surface area contributed by atoms with Crippen LogP contribution in [0.25, 0.3) is 0 Å². The maximum atomic E-state index is 9.92. The predicted molar refractivity (Wildman–Crippen MR) is 128 cm³/mol. The Balaban J connectivity index is 1.54. The van der Waals surface area contributed by atoms with Crippen molar-refractivity contribution in [1.29, 1.82) is 0 Å². The number of piperidine rings is 1. The van der Waals surface area contributed by atoms with Crippen molar-refractivity contribution in [2.75, 3.05) is 27.2 Å². The summed E-state index contributed by atoms with van der Waals surface area (Å²) in [5, 5.41) is 13.5. The molecule has 0 amide bonds. The van der Waals surface area contributed by atoms with Gasteiger partial charge < -0.3 is 24.5 Å². The Labute approximate surface area is 194 Å². The van der Waals surface area contributed by atoms with Crippen molar-refractivity contribution in [3.05, 3.63) is 84.1 Å². The molecule has 0 atom stereocenters. The van der Waals surface area contributed by atoms with E-state index in [1.165, 1.54) is 0 Å². The van der Waals surface area contributed by atoms with E-state index in [4.69, 9.17) is 9.47 Å².